The lowest BCUT2D eigenvalue weighted by molar-refractivity contribution is -0.137. The van der Waals surface area contributed by atoms with Crippen molar-refractivity contribution in [2.24, 2.45) is 5.73 Å². The minimum atomic E-state index is -4.43. The molecule has 0 aliphatic heterocycles. The summed E-state index contributed by atoms with van der Waals surface area (Å²) in [7, 11) is 0. The lowest BCUT2D eigenvalue weighted by Gasteiger charge is -2.19. The number of hydrogen-bond donors (Lipinski definition) is 3. The molecule has 0 bridgehead atoms. The normalized spacial score (nSPS) is 12.2. The summed E-state index contributed by atoms with van der Waals surface area (Å²) >= 11 is 0. The minimum Gasteiger partial charge on any atom is -0.403 e. The van der Waals surface area contributed by atoms with Crippen LogP contribution in [0, 0.1) is 0 Å². The molecule has 0 aliphatic rings. The molecule has 0 aromatic heterocycles. The minimum absolute atomic E-state index is 0.163. The van der Waals surface area contributed by atoms with Gasteiger partial charge in [0.1, 0.15) is 5.70 Å². The van der Waals surface area contributed by atoms with Gasteiger partial charge in [0, 0.05) is 13.1 Å². The van der Waals surface area contributed by atoms with Crippen molar-refractivity contribution in [3.8, 4) is 0 Å². The molecule has 1 aromatic rings. The van der Waals surface area contributed by atoms with Gasteiger partial charge in [0.25, 0.3) is 0 Å². The first-order valence-corrected chi connectivity index (χ1v) is 5.11. The summed E-state index contributed by atoms with van der Waals surface area (Å²) in [6.45, 7) is 1.18. The number of hydrogen-bond acceptors (Lipinski definition) is 5. The summed E-state index contributed by atoms with van der Waals surface area (Å²) in [5, 5.41) is 9.83. The Morgan fingerprint density at radius 3 is 2.26 bits per heavy atom. The van der Waals surface area contributed by atoms with E-state index in [0.29, 0.717) is 5.17 Å². The van der Waals surface area contributed by atoms with Crippen LogP contribution in [-0.2, 0) is 11.0 Å². The summed E-state index contributed by atoms with van der Waals surface area (Å²) in [6.07, 6.45) is -3.56. The van der Waals surface area contributed by atoms with E-state index in [1.807, 2.05) is 0 Å². The molecule has 104 valence electrons. The van der Waals surface area contributed by atoms with Gasteiger partial charge in [-0.25, -0.2) is 0 Å². The van der Waals surface area contributed by atoms with Crippen LogP contribution in [0.2, 0.25) is 0 Å². The van der Waals surface area contributed by atoms with Crippen molar-refractivity contribution in [3.63, 3.8) is 0 Å². The number of benzene rings is 1. The Morgan fingerprint density at radius 1 is 1.37 bits per heavy atom. The number of hydrazine groups is 1. The van der Waals surface area contributed by atoms with E-state index in [4.69, 9.17) is 5.73 Å². The van der Waals surface area contributed by atoms with Gasteiger partial charge in [-0.05, 0) is 24.3 Å². The van der Waals surface area contributed by atoms with Gasteiger partial charge in [-0.3, -0.25) is 15.4 Å². The Bertz CT molecular complexity index is 483. The van der Waals surface area contributed by atoms with Gasteiger partial charge in [0.2, 0.25) is 0 Å². The summed E-state index contributed by atoms with van der Waals surface area (Å²) in [5.74, 6) is -0.510. The second-order valence-corrected chi connectivity index (χ2v) is 3.61. The molecule has 1 aromatic carbocycles. The van der Waals surface area contributed by atoms with E-state index in [9.17, 15) is 23.2 Å². The van der Waals surface area contributed by atoms with Crippen molar-refractivity contribution in [2.45, 2.75) is 13.1 Å². The van der Waals surface area contributed by atoms with Gasteiger partial charge >= 0.3 is 6.18 Å². The van der Waals surface area contributed by atoms with Gasteiger partial charge < -0.3 is 5.73 Å². The molecule has 0 heterocycles. The van der Waals surface area contributed by atoms with Crippen molar-refractivity contribution in [2.75, 3.05) is 5.43 Å². The molecule has 0 saturated carbocycles. The Hall–Kier alpha value is -2.22. The maximum absolute atomic E-state index is 12.3. The average molecular weight is 275 g/mol. The number of Topliss-reactive ketones (excluding diaryl/α,β-unsaturated/α-hetero) is 1. The first kappa shape index (κ1) is 14.8. The zero-order valence-corrected chi connectivity index (χ0v) is 9.90. The number of carbonyl (C=O) groups is 1. The van der Waals surface area contributed by atoms with E-state index in [-0.39, 0.29) is 11.4 Å². The Labute approximate surface area is 107 Å². The third kappa shape index (κ3) is 3.88. The lowest BCUT2D eigenvalue weighted by Crippen LogP contribution is -2.29. The fourth-order valence-electron chi connectivity index (χ4n) is 1.25. The van der Waals surface area contributed by atoms with Crippen LogP contribution in [0.1, 0.15) is 12.5 Å². The molecule has 5 nitrogen and oxygen atoms in total. The number of carbonyl (C=O) groups excluding carboxylic acids is 1. The third-order valence-corrected chi connectivity index (χ3v) is 2.19. The molecular formula is C11H12F3N3O2. The average Bonchev–Trinajstić information content (AvgIpc) is 2.28. The van der Waals surface area contributed by atoms with E-state index in [1.54, 1.807) is 0 Å². The van der Waals surface area contributed by atoms with Crippen molar-refractivity contribution < 1.29 is 23.2 Å². The van der Waals surface area contributed by atoms with E-state index in [2.05, 4.69) is 5.43 Å². The fourth-order valence-corrected chi connectivity index (χ4v) is 1.25. The largest absolute Gasteiger partial charge is 0.416 e. The third-order valence-electron chi connectivity index (χ3n) is 2.19. The second kappa shape index (κ2) is 5.61. The number of alkyl halides is 3. The molecule has 0 radical (unpaired) electrons. The SMILES string of the molecule is CC(=O)C(=CN)N(O)Nc1ccc(C(F)(F)F)cc1. The van der Waals surface area contributed by atoms with E-state index in [0.717, 1.165) is 30.5 Å². The molecule has 0 unspecified atom stereocenters. The standard InChI is InChI=1S/C11H12F3N3O2/c1-7(18)10(6-15)17(19)16-9-4-2-8(3-5-9)11(12,13)14/h2-6,16,19H,15H2,1H3. The Balaban J connectivity index is 2.81. The van der Waals surface area contributed by atoms with Crippen molar-refractivity contribution in [3.05, 3.63) is 41.7 Å². The highest BCUT2D eigenvalue weighted by molar-refractivity contribution is 5.92. The number of nitrogens with one attached hydrogen (secondary N) is 1. The number of halogens is 3. The second-order valence-electron chi connectivity index (χ2n) is 3.61. The van der Waals surface area contributed by atoms with Crippen LogP contribution in [0.25, 0.3) is 0 Å². The molecule has 0 saturated heterocycles. The quantitative estimate of drug-likeness (QED) is 0.579. The Morgan fingerprint density at radius 2 is 1.89 bits per heavy atom. The number of anilines is 1. The van der Waals surface area contributed by atoms with Crippen LogP contribution < -0.4 is 11.2 Å². The van der Waals surface area contributed by atoms with Gasteiger partial charge in [-0.15, -0.1) is 0 Å². The van der Waals surface area contributed by atoms with Gasteiger partial charge in [-0.2, -0.15) is 18.3 Å². The van der Waals surface area contributed by atoms with E-state index >= 15 is 0 Å². The molecule has 0 aliphatic carbocycles. The number of nitrogens with two attached hydrogens (primary N) is 1. The summed E-state index contributed by atoms with van der Waals surface area (Å²) in [6, 6.07) is 3.91. The first-order chi connectivity index (χ1) is 8.75. The highest BCUT2D eigenvalue weighted by Gasteiger charge is 2.30. The van der Waals surface area contributed by atoms with Crippen molar-refractivity contribution in [1.29, 1.82) is 0 Å². The lowest BCUT2D eigenvalue weighted by atomic mass is 10.2. The predicted octanol–water partition coefficient (Wildman–Crippen LogP) is 2.11. The van der Waals surface area contributed by atoms with Gasteiger partial charge in [0.15, 0.2) is 5.78 Å². The summed E-state index contributed by atoms with van der Waals surface area (Å²) in [5.41, 5.74) is 6.55. The molecule has 4 N–H and O–H groups in total. The van der Waals surface area contributed by atoms with Crippen LogP contribution in [0.3, 0.4) is 0 Å². The monoisotopic (exact) mass is 275 g/mol. The number of ketones is 1. The summed E-state index contributed by atoms with van der Waals surface area (Å²) < 4.78 is 37.0. The van der Waals surface area contributed by atoms with Crippen LogP contribution in [0.15, 0.2) is 36.2 Å². The summed E-state index contributed by atoms with van der Waals surface area (Å²) in [4.78, 5) is 11.1. The fraction of sp³-hybridized carbons (Fsp3) is 0.182. The molecule has 0 fully saturated rings. The van der Waals surface area contributed by atoms with Crippen LogP contribution in [0.4, 0.5) is 18.9 Å². The smallest absolute Gasteiger partial charge is 0.403 e. The van der Waals surface area contributed by atoms with E-state index in [1.165, 1.54) is 6.92 Å². The van der Waals surface area contributed by atoms with Gasteiger partial charge in [-0.1, -0.05) is 0 Å². The predicted molar refractivity (Wildman–Crippen MR) is 61.6 cm³/mol. The maximum atomic E-state index is 12.3. The van der Waals surface area contributed by atoms with Crippen molar-refractivity contribution >= 4 is 11.5 Å². The van der Waals surface area contributed by atoms with Crippen LogP contribution in [0.5, 0.6) is 0 Å². The van der Waals surface area contributed by atoms with Gasteiger partial charge in [0.05, 0.1) is 11.3 Å². The number of allylic oxidation sites excluding steroid dienone is 1. The number of rotatable bonds is 4. The Kier molecular flexibility index (Phi) is 4.38. The van der Waals surface area contributed by atoms with E-state index < -0.39 is 17.5 Å². The first-order valence-electron chi connectivity index (χ1n) is 5.11. The molecule has 19 heavy (non-hydrogen) atoms. The maximum Gasteiger partial charge on any atom is 0.416 e. The zero-order valence-electron chi connectivity index (χ0n) is 9.90. The van der Waals surface area contributed by atoms with Crippen molar-refractivity contribution in [1.82, 2.24) is 5.17 Å². The molecule has 1 rings (SSSR count). The van der Waals surface area contributed by atoms with Crippen LogP contribution in [-0.4, -0.2) is 16.2 Å². The molecule has 0 spiro atoms. The van der Waals surface area contributed by atoms with Crippen LogP contribution >= 0.6 is 0 Å². The molecular weight excluding hydrogens is 263 g/mol. The highest BCUT2D eigenvalue weighted by Crippen LogP contribution is 2.29. The zero-order chi connectivity index (χ0) is 14.6. The topological polar surface area (TPSA) is 78.6 Å². The molecule has 0 atom stereocenters. The number of hydroxylamine groups is 1. The molecule has 0 amide bonds. The molecule has 8 heteroatoms. The number of nitrogens with zero attached hydrogens (tertiary/aromatic N) is 1. The highest BCUT2D eigenvalue weighted by atomic mass is 19.4.